The molecule has 0 bridgehead atoms. The van der Waals surface area contributed by atoms with Crippen molar-refractivity contribution in [2.24, 2.45) is 0 Å². The first-order valence-corrected chi connectivity index (χ1v) is 5.91. The minimum Gasteiger partial charge on any atom is -0.392 e. The molecule has 2 rings (SSSR count). The Bertz CT molecular complexity index is 447. The Labute approximate surface area is 94.7 Å². The Morgan fingerprint density at radius 1 is 1.50 bits per heavy atom. The zero-order valence-electron chi connectivity index (χ0n) is 7.67. The molecule has 0 aliphatic rings. The number of aliphatic hydroxyl groups excluding tert-OH is 1. The normalized spacial score (nSPS) is 10.8. The van der Waals surface area contributed by atoms with Crippen molar-refractivity contribution >= 4 is 27.3 Å². The number of hydrogen-bond acceptors (Lipinski definition) is 2. The smallest absolute Gasteiger partial charge is 0.0699 e. The fourth-order valence-corrected chi connectivity index (χ4v) is 2.75. The maximum Gasteiger partial charge on any atom is 0.0699 e. The fraction of sp³-hybridized carbons (Fsp3) is 0.200. The Balaban J connectivity index is 2.42. The summed E-state index contributed by atoms with van der Waals surface area (Å²) in [4.78, 5) is 4.44. The van der Waals surface area contributed by atoms with Crippen LogP contribution in [0.1, 0.15) is 11.3 Å². The van der Waals surface area contributed by atoms with Gasteiger partial charge in [0.2, 0.25) is 0 Å². The fourth-order valence-electron chi connectivity index (χ4n) is 1.35. The van der Waals surface area contributed by atoms with E-state index in [0.29, 0.717) is 0 Å². The molecule has 74 valence electrons. The molecular formula is C10H10BrNOS. The van der Waals surface area contributed by atoms with Gasteiger partial charge in [-0.15, -0.1) is 11.3 Å². The number of hydrogen-bond donors (Lipinski definition) is 2. The summed E-state index contributed by atoms with van der Waals surface area (Å²) < 4.78 is 1.09. The maximum absolute atomic E-state index is 9.06. The zero-order valence-corrected chi connectivity index (χ0v) is 10.1. The van der Waals surface area contributed by atoms with Gasteiger partial charge < -0.3 is 10.1 Å². The number of rotatable bonds is 2. The van der Waals surface area contributed by atoms with Gasteiger partial charge in [-0.2, -0.15) is 0 Å². The van der Waals surface area contributed by atoms with Gasteiger partial charge >= 0.3 is 0 Å². The van der Waals surface area contributed by atoms with Crippen molar-refractivity contribution in [3.8, 4) is 10.6 Å². The number of thiophene rings is 1. The van der Waals surface area contributed by atoms with Gasteiger partial charge in [0.05, 0.1) is 17.2 Å². The first kappa shape index (κ1) is 9.96. The number of H-pyrrole nitrogens is 1. The van der Waals surface area contributed by atoms with Crippen LogP contribution >= 0.6 is 27.3 Å². The largest absolute Gasteiger partial charge is 0.392 e. The Kier molecular flexibility index (Phi) is 2.76. The summed E-state index contributed by atoms with van der Waals surface area (Å²) in [6.07, 6.45) is 0. The molecule has 14 heavy (non-hydrogen) atoms. The van der Waals surface area contributed by atoms with Crippen LogP contribution in [-0.4, -0.2) is 10.1 Å². The van der Waals surface area contributed by atoms with E-state index < -0.39 is 0 Å². The standard InChI is InChI=1S/C10H10BrNOS/c1-6-7(4-13)2-9(12-6)10-3-8(11)5-14-10/h2-3,5,12-13H,4H2,1H3. The third-order valence-electron chi connectivity index (χ3n) is 2.13. The Hall–Kier alpha value is -0.580. The second kappa shape index (κ2) is 3.88. The van der Waals surface area contributed by atoms with Gasteiger partial charge in [-0.05, 0) is 40.5 Å². The second-order valence-corrected chi connectivity index (χ2v) is 4.95. The molecule has 0 amide bonds. The van der Waals surface area contributed by atoms with E-state index in [4.69, 9.17) is 5.11 Å². The zero-order chi connectivity index (χ0) is 10.1. The van der Waals surface area contributed by atoms with Crippen LogP contribution in [0.25, 0.3) is 10.6 Å². The summed E-state index contributed by atoms with van der Waals surface area (Å²) >= 11 is 5.09. The molecule has 4 heteroatoms. The van der Waals surface area contributed by atoms with E-state index in [1.807, 2.05) is 18.4 Å². The molecule has 0 aliphatic heterocycles. The lowest BCUT2D eigenvalue weighted by molar-refractivity contribution is 0.281. The quantitative estimate of drug-likeness (QED) is 0.864. The van der Waals surface area contributed by atoms with Gasteiger partial charge in [0, 0.05) is 15.5 Å². The van der Waals surface area contributed by atoms with E-state index in [0.717, 1.165) is 21.4 Å². The molecule has 2 aromatic rings. The molecule has 0 aromatic carbocycles. The molecule has 2 aromatic heterocycles. The highest BCUT2D eigenvalue weighted by Crippen LogP contribution is 2.30. The summed E-state index contributed by atoms with van der Waals surface area (Å²) in [5.41, 5.74) is 3.07. The number of nitrogens with one attached hydrogen (secondary N) is 1. The molecule has 0 fully saturated rings. The summed E-state index contributed by atoms with van der Waals surface area (Å²) in [5.74, 6) is 0. The number of aliphatic hydroxyl groups is 1. The maximum atomic E-state index is 9.06. The Morgan fingerprint density at radius 2 is 2.29 bits per heavy atom. The predicted molar refractivity (Wildman–Crippen MR) is 62.5 cm³/mol. The van der Waals surface area contributed by atoms with Gasteiger partial charge in [0.1, 0.15) is 0 Å². The number of aromatic nitrogens is 1. The number of aryl methyl sites for hydroxylation is 1. The predicted octanol–water partition coefficient (Wildman–Crippen LogP) is 3.31. The lowest BCUT2D eigenvalue weighted by atomic mass is 10.2. The van der Waals surface area contributed by atoms with Crippen LogP contribution in [0.2, 0.25) is 0 Å². The average Bonchev–Trinajstić information content (AvgIpc) is 2.71. The van der Waals surface area contributed by atoms with E-state index in [-0.39, 0.29) is 6.61 Å². The lowest BCUT2D eigenvalue weighted by Gasteiger charge is -1.89. The molecule has 2 N–H and O–H groups in total. The molecule has 0 atom stereocenters. The van der Waals surface area contributed by atoms with Crippen LogP contribution in [0.5, 0.6) is 0 Å². The first-order chi connectivity index (χ1) is 6.70. The minimum absolute atomic E-state index is 0.0921. The van der Waals surface area contributed by atoms with Crippen LogP contribution < -0.4 is 0 Å². The van der Waals surface area contributed by atoms with Crippen molar-refractivity contribution in [1.29, 1.82) is 0 Å². The van der Waals surface area contributed by atoms with Crippen LogP contribution in [0.15, 0.2) is 22.0 Å². The van der Waals surface area contributed by atoms with Gasteiger partial charge in [0.15, 0.2) is 0 Å². The van der Waals surface area contributed by atoms with E-state index in [1.54, 1.807) is 11.3 Å². The second-order valence-electron chi connectivity index (χ2n) is 3.12. The van der Waals surface area contributed by atoms with Crippen molar-refractivity contribution in [3.05, 3.63) is 33.2 Å². The highest BCUT2D eigenvalue weighted by molar-refractivity contribution is 9.10. The molecule has 0 aliphatic carbocycles. The topological polar surface area (TPSA) is 36.0 Å². The van der Waals surface area contributed by atoms with E-state index in [2.05, 4.69) is 27.0 Å². The molecule has 2 nitrogen and oxygen atoms in total. The van der Waals surface area contributed by atoms with E-state index in [9.17, 15) is 0 Å². The van der Waals surface area contributed by atoms with Crippen molar-refractivity contribution < 1.29 is 5.11 Å². The van der Waals surface area contributed by atoms with Gasteiger partial charge in [-0.1, -0.05) is 0 Å². The lowest BCUT2D eigenvalue weighted by Crippen LogP contribution is -1.81. The molecule has 0 spiro atoms. The molecular weight excluding hydrogens is 262 g/mol. The van der Waals surface area contributed by atoms with Crippen LogP contribution in [0.3, 0.4) is 0 Å². The van der Waals surface area contributed by atoms with E-state index in [1.165, 1.54) is 4.88 Å². The average molecular weight is 272 g/mol. The summed E-state index contributed by atoms with van der Waals surface area (Å²) in [6, 6.07) is 4.06. The molecule has 0 radical (unpaired) electrons. The summed E-state index contributed by atoms with van der Waals surface area (Å²) in [6.45, 7) is 2.06. The van der Waals surface area contributed by atoms with Crippen molar-refractivity contribution in [2.45, 2.75) is 13.5 Å². The van der Waals surface area contributed by atoms with E-state index >= 15 is 0 Å². The Morgan fingerprint density at radius 3 is 2.79 bits per heavy atom. The van der Waals surface area contributed by atoms with Crippen LogP contribution in [0, 0.1) is 6.92 Å². The molecule has 0 unspecified atom stereocenters. The monoisotopic (exact) mass is 271 g/mol. The van der Waals surface area contributed by atoms with Crippen LogP contribution in [-0.2, 0) is 6.61 Å². The summed E-state index contributed by atoms with van der Waals surface area (Å²) in [5, 5.41) is 11.1. The molecule has 0 saturated heterocycles. The number of halogens is 1. The van der Waals surface area contributed by atoms with Crippen molar-refractivity contribution in [1.82, 2.24) is 4.98 Å². The minimum atomic E-state index is 0.0921. The molecule has 0 saturated carbocycles. The van der Waals surface area contributed by atoms with Gasteiger partial charge in [0.25, 0.3) is 0 Å². The van der Waals surface area contributed by atoms with Crippen molar-refractivity contribution in [2.75, 3.05) is 0 Å². The van der Waals surface area contributed by atoms with Gasteiger partial charge in [-0.3, -0.25) is 0 Å². The third-order valence-corrected chi connectivity index (χ3v) is 3.85. The van der Waals surface area contributed by atoms with Crippen LogP contribution in [0.4, 0.5) is 0 Å². The SMILES string of the molecule is Cc1[nH]c(-c2cc(Br)cs2)cc1CO. The number of aromatic amines is 1. The highest BCUT2D eigenvalue weighted by Gasteiger charge is 2.07. The van der Waals surface area contributed by atoms with Gasteiger partial charge in [-0.25, -0.2) is 0 Å². The molecule has 2 heterocycles. The third kappa shape index (κ3) is 1.78. The first-order valence-electron chi connectivity index (χ1n) is 4.24. The van der Waals surface area contributed by atoms with Crippen molar-refractivity contribution in [3.63, 3.8) is 0 Å². The summed E-state index contributed by atoms with van der Waals surface area (Å²) in [7, 11) is 0. The highest BCUT2D eigenvalue weighted by atomic mass is 79.9.